The molecule has 3 N–H and O–H groups in total. The number of hydrogen-bond acceptors (Lipinski definition) is 4. The lowest BCUT2D eigenvalue weighted by atomic mass is 10.0. The quantitative estimate of drug-likeness (QED) is 0.296. The number of amidine groups is 1. The number of nitrogens with one attached hydrogen (secondary N) is 3. The van der Waals surface area contributed by atoms with Crippen molar-refractivity contribution in [2.75, 3.05) is 20.1 Å². The highest BCUT2D eigenvalue weighted by Crippen LogP contribution is 2.26. The Bertz CT molecular complexity index is 1460. The maximum absolute atomic E-state index is 13.6. The zero-order chi connectivity index (χ0) is 25.2. The van der Waals surface area contributed by atoms with E-state index in [-0.39, 0.29) is 23.7 Å². The first-order valence-corrected chi connectivity index (χ1v) is 12.3. The molecule has 1 aliphatic heterocycles. The molecule has 0 aliphatic carbocycles. The average Bonchev–Trinajstić information content (AvgIpc) is 3.23. The second kappa shape index (κ2) is 9.95. The lowest BCUT2D eigenvalue weighted by Gasteiger charge is -2.29. The van der Waals surface area contributed by atoms with Gasteiger partial charge in [-0.25, -0.2) is 0 Å². The smallest absolute Gasteiger partial charge is 0.268 e. The number of rotatable bonds is 5. The molecule has 0 radical (unpaired) electrons. The van der Waals surface area contributed by atoms with E-state index in [1.165, 1.54) is 6.92 Å². The summed E-state index contributed by atoms with van der Waals surface area (Å²) in [6.07, 6.45) is 1.87. The van der Waals surface area contributed by atoms with Crippen molar-refractivity contribution in [3.05, 3.63) is 83.6 Å². The van der Waals surface area contributed by atoms with Crippen LogP contribution < -0.4 is 10.6 Å². The van der Waals surface area contributed by atoms with Crippen molar-refractivity contribution in [2.24, 2.45) is 0 Å². The number of aromatic nitrogens is 1. The molecule has 4 aromatic rings. The first-order chi connectivity index (χ1) is 17.4. The van der Waals surface area contributed by atoms with Gasteiger partial charge in [0.05, 0.1) is 0 Å². The van der Waals surface area contributed by atoms with Crippen LogP contribution in [0.4, 0.5) is 0 Å². The average molecular weight is 482 g/mol. The predicted octanol–water partition coefficient (Wildman–Crippen LogP) is 4.13. The van der Waals surface area contributed by atoms with Gasteiger partial charge in [0.2, 0.25) is 5.91 Å². The van der Waals surface area contributed by atoms with Crippen molar-refractivity contribution >= 4 is 39.3 Å². The van der Waals surface area contributed by atoms with E-state index in [9.17, 15) is 9.59 Å². The van der Waals surface area contributed by atoms with Gasteiger partial charge in [-0.3, -0.25) is 15.0 Å². The van der Waals surface area contributed by atoms with Crippen LogP contribution in [0.3, 0.4) is 0 Å². The molecule has 184 valence electrons. The molecule has 1 aromatic heterocycles. The van der Waals surface area contributed by atoms with Crippen LogP contribution in [0.25, 0.3) is 21.7 Å². The van der Waals surface area contributed by atoms with Crippen LogP contribution in [0.15, 0.2) is 66.7 Å². The molecule has 0 spiro atoms. The van der Waals surface area contributed by atoms with E-state index in [0.29, 0.717) is 17.8 Å². The summed E-state index contributed by atoms with van der Waals surface area (Å²) in [7, 11) is 2.11. The second-order valence-corrected chi connectivity index (χ2v) is 9.63. The van der Waals surface area contributed by atoms with Crippen LogP contribution in [0.1, 0.15) is 41.4 Å². The molecule has 2 amide bonds. The Morgan fingerprint density at radius 1 is 0.972 bits per heavy atom. The number of nitrogens with zero attached hydrogens (tertiary/aromatic N) is 2. The summed E-state index contributed by atoms with van der Waals surface area (Å²) >= 11 is 0. The standard InChI is InChI=1S/C29H31N5O2/c1-19(35)31-28(30)22-11-10-21-16-27(29(36)32-24-12-14-33(2)15-13-24)34(26(21)17-22)18-23-8-5-7-20-6-3-4-9-25(20)23/h3-11,16-17,24H,12-15,18H2,1-2H3,(H,32,36)(H2,30,31,35). The lowest BCUT2D eigenvalue weighted by Crippen LogP contribution is -2.43. The topological polar surface area (TPSA) is 90.2 Å². The third-order valence-corrected chi connectivity index (χ3v) is 6.99. The molecule has 5 rings (SSSR count). The number of benzene rings is 3. The Hall–Kier alpha value is -3.97. The number of piperidine rings is 1. The fourth-order valence-electron chi connectivity index (χ4n) is 5.03. The fourth-order valence-corrected chi connectivity index (χ4v) is 5.03. The predicted molar refractivity (Wildman–Crippen MR) is 144 cm³/mol. The van der Waals surface area contributed by atoms with Crippen molar-refractivity contribution in [3.8, 4) is 0 Å². The molecule has 3 aromatic carbocycles. The summed E-state index contributed by atoms with van der Waals surface area (Å²) in [4.78, 5) is 27.4. The van der Waals surface area contributed by atoms with E-state index in [0.717, 1.165) is 53.2 Å². The van der Waals surface area contributed by atoms with E-state index < -0.39 is 0 Å². The molecule has 1 saturated heterocycles. The zero-order valence-corrected chi connectivity index (χ0v) is 20.7. The van der Waals surface area contributed by atoms with Crippen LogP contribution in [0.5, 0.6) is 0 Å². The lowest BCUT2D eigenvalue weighted by molar-refractivity contribution is -0.117. The Balaban J connectivity index is 1.57. The van der Waals surface area contributed by atoms with Gasteiger partial charge in [0.1, 0.15) is 11.5 Å². The van der Waals surface area contributed by atoms with E-state index in [4.69, 9.17) is 5.41 Å². The third kappa shape index (κ3) is 4.88. The normalized spacial score (nSPS) is 14.7. The maximum atomic E-state index is 13.6. The summed E-state index contributed by atoms with van der Waals surface area (Å²) in [6.45, 7) is 3.84. The summed E-state index contributed by atoms with van der Waals surface area (Å²) in [5.74, 6) is -0.330. The fraction of sp³-hybridized carbons (Fsp3) is 0.276. The van der Waals surface area contributed by atoms with E-state index in [2.05, 4.69) is 46.8 Å². The molecule has 36 heavy (non-hydrogen) atoms. The number of amides is 2. The molecule has 0 unspecified atom stereocenters. The van der Waals surface area contributed by atoms with Crippen molar-refractivity contribution < 1.29 is 9.59 Å². The Kier molecular flexibility index (Phi) is 6.57. The molecule has 0 saturated carbocycles. The Labute approximate surface area is 210 Å². The van der Waals surface area contributed by atoms with Crippen molar-refractivity contribution in [3.63, 3.8) is 0 Å². The third-order valence-electron chi connectivity index (χ3n) is 6.99. The number of hydrogen-bond donors (Lipinski definition) is 3. The van der Waals surface area contributed by atoms with Gasteiger partial charge >= 0.3 is 0 Å². The highest BCUT2D eigenvalue weighted by atomic mass is 16.2. The molecular formula is C29H31N5O2. The Morgan fingerprint density at radius 2 is 1.72 bits per heavy atom. The first-order valence-electron chi connectivity index (χ1n) is 12.3. The van der Waals surface area contributed by atoms with Gasteiger partial charge in [0.25, 0.3) is 5.91 Å². The van der Waals surface area contributed by atoms with Gasteiger partial charge in [0, 0.05) is 36.0 Å². The van der Waals surface area contributed by atoms with Crippen molar-refractivity contribution in [1.82, 2.24) is 20.1 Å². The first kappa shape index (κ1) is 23.8. The van der Waals surface area contributed by atoms with E-state index in [1.54, 1.807) is 0 Å². The van der Waals surface area contributed by atoms with E-state index >= 15 is 0 Å². The molecule has 0 atom stereocenters. The van der Waals surface area contributed by atoms with Crippen LogP contribution in [-0.4, -0.2) is 53.3 Å². The minimum atomic E-state index is -0.288. The summed E-state index contributed by atoms with van der Waals surface area (Å²) < 4.78 is 2.03. The Morgan fingerprint density at radius 3 is 2.50 bits per heavy atom. The molecule has 1 aliphatic rings. The van der Waals surface area contributed by atoms with Gasteiger partial charge in [-0.15, -0.1) is 0 Å². The highest BCUT2D eigenvalue weighted by Gasteiger charge is 2.23. The number of likely N-dealkylation sites (tertiary alicyclic amines) is 1. The minimum Gasteiger partial charge on any atom is -0.348 e. The van der Waals surface area contributed by atoms with Crippen LogP contribution in [-0.2, 0) is 11.3 Å². The molecule has 1 fully saturated rings. The summed E-state index contributed by atoms with van der Waals surface area (Å²) in [5, 5.41) is 17.3. The van der Waals surface area contributed by atoms with Gasteiger partial charge in [-0.05, 0) is 61.4 Å². The van der Waals surface area contributed by atoms with E-state index in [1.807, 2.05) is 47.0 Å². The SMILES string of the molecule is CC(=O)NC(=N)c1ccc2cc(C(=O)NC3CCN(C)CC3)n(Cc3cccc4ccccc34)c2c1. The van der Waals surface area contributed by atoms with Crippen molar-refractivity contribution in [1.29, 1.82) is 5.41 Å². The molecule has 7 heteroatoms. The van der Waals surface area contributed by atoms with Crippen LogP contribution in [0.2, 0.25) is 0 Å². The number of carbonyl (C=O) groups excluding carboxylic acids is 2. The molecule has 7 nitrogen and oxygen atoms in total. The minimum absolute atomic E-state index is 0.0413. The largest absolute Gasteiger partial charge is 0.348 e. The molecule has 0 bridgehead atoms. The summed E-state index contributed by atoms with van der Waals surface area (Å²) in [5.41, 5.74) is 3.16. The van der Waals surface area contributed by atoms with Gasteiger partial charge in [-0.1, -0.05) is 54.6 Å². The second-order valence-electron chi connectivity index (χ2n) is 9.63. The molecular weight excluding hydrogens is 450 g/mol. The van der Waals surface area contributed by atoms with Gasteiger partial charge in [0.15, 0.2) is 0 Å². The van der Waals surface area contributed by atoms with Crippen molar-refractivity contribution in [2.45, 2.75) is 32.4 Å². The highest BCUT2D eigenvalue weighted by molar-refractivity contribution is 6.08. The number of carbonyl (C=O) groups is 2. The summed E-state index contributed by atoms with van der Waals surface area (Å²) in [6, 6.07) is 22.2. The maximum Gasteiger partial charge on any atom is 0.268 e. The zero-order valence-electron chi connectivity index (χ0n) is 20.7. The van der Waals surface area contributed by atoms with Gasteiger partial charge < -0.3 is 20.1 Å². The van der Waals surface area contributed by atoms with Crippen LogP contribution in [0, 0.1) is 5.41 Å². The van der Waals surface area contributed by atoms with Crippen LogP contribution >= 0.6 is 0 Å². The number of fused-ring (bicyclic) bond motifs is 2. The van der Waals surface area contributed by atoms with Gasteiger partial charge in [-0.2, -0.15) is 0 Å². The monoisotopic (exact) mass is 481 g/mol. The molecule has 2 heterocycles.